The monoisotopic (exact) mass is 311 g/mol. The largest absolute Gasteiger partial charge is 0.481 e. The van der Waals surface area contributed by atoms with Gasteiger partial charge in [-0.05, 0) is 49.1 Å². The molecule has 2 rings (SSSR count). The van der Waals surface area contributed by atoms with Crippen LogP contribution in [-0.4, -0.2) is 24.0 Å². The van der Waals surface area contributed by atoms with E-state index in [9.17, 15) is 4.79 Å². The van der Waals surface area contributed by atoms with Gasteiger partial charge in [0, 0.05) is 13.6 Å². The van der Waals surface area contributed by atoms with Crippen molar-refractivity contribution in [2.45, 2.75) is 39.8 Å². The predicted molar refractivity (Wildman–Crippen MR) is 93.6 cm³/mol. The number of carbonyl (C=O) groups is 1. The Hall–Kier alpha value is -2.29. The van der Waals surface area contributed by atoms with Crippen molar-refractivity contribution >= 4 is 5.91 Å². The van der Waals surface area contributed by atoms with Gasteiger partial charge >= 0.3 is 0 Å². The third-order valence-corrected chi connectivity index (χ3v) is 3.88. The first-order valence-corrected chi connectivity index (χ1v) is 8.05. The van der Waals surface area contributed by atoms with Crippen molar-refractivity contribution in [3.63, 3.8) is 0 Å². The minimum atomic E-state index is -0.503. The van der Waals surface area contributed by atoms with Crippen LogP contribution in [0.4, 0.5) is 0 Å². The van der Waals surface area contributed by atoms with E-state index in [1.54, 1.807) is 11.8 Å². The molecule has 0 aliphatic carbocycles. The molecule has 1 amide bonds. The first-order valence-electron chi connectivity index (χ1n) is 8.05. The van der Waals surface area contributed by atoms with Crippen LogP contribution in [0.2, 0.25) is 0 Å². The number of carbonyl (C=O) groups excluding carboxylic acids is 1. The van der Waals surface area contributed by atoms with Crippen molar-refractivity contribution < 1.29 is 9.53 Å². The van der Waals surface area contributed by atoms with Crippen LogP contribution < -0.4 is 4.74 Å². The van der Waals surface area contributed by atoms with Gasteiger partial charge in [0.25, 0.3) is 5.91 Å². The molecule has 0 aliphatic rings. The molecule has 2 aromatic rings. The molecular weight excluding hydrogens is 286 g/mol. The molecule has 2 aromatic carbocycles. The number of amides is 1. The predicted octanol–water partition coefficient (Wildman–Crippen LogP) is 3.98. The van der Waals surface area contributed by atoms with Gasteiger partial charge < -0.3 is 9.64 Å². The van der Waals surface area contributed by atoms with E-state index in [1.165, 1.54) is 5.56 Å². The topological polar surface area (TPSA) is 29.5 Å². The second-order valence-electron chi connectivity index (χ2n) is 5.94. The molecule has 0 N–H and O–H groups in total. The van der Waals surface area contributed by atoms with E-state index in [0.29, 0.717) is 6.54 Å². The van der Waals surface area contributed by atoms with Crippen molar-refractivity contribution in [2.75, 3.05) is 7.05 Å². The van der Waals surface area contributed by atoms with Crippen molar-refractivity contribution in [2.24, 2.45) is 0 Å². The smallest absolute Gasteiger partial charge is 0.263 e. The highest BCUT2D eigenvalue weighted by molar-refractivity contribution is 5.80. The number of rotatable bonds is 6. The summed E-state index contributed by atoms with van der Waals surface area (Å²) in [6.07, 6.45) is 0.521. The van der Waals surface area contributed by atoms with Crippen molar-refractivity contribution in [3.05, 3.63) is 65.2 Å². The van der Waals surface area contributed by atoms with E-state index in [4.69, 9.17) is 4.74 Å². The fourth-order valence-corrected chi connectivity index (χ4v) is 2.49. The quantitative estimate of drug-likeness (QED) is 0.807. The highest BCUT2D eigenvalue weighted by atomic mass is 16.5. The Morgan fingerprint density at radius 1 is 1.13 bits per heavy atom. The van der Waals surface area contributed by atoms with E-state index in [1.807, 2.05) is 38.2 Å². The molecule has 0 aromatic heterocycles. The van der Waals surface area contributed by atoms with Gasteiger partial charge in [0.05, 0.1) is 0 Å². The summed E-state index contributed by atoms with van der Waals surface area (Å²) in [5.74, 6) is 0.706. The zero-order valence-corrected chi connectivity index (χ0v) is 14.4. The second-order valence-corrected chi connectivity index (χ2v) is 5.94. The number of aryl methyl sites for hydroxylation is 2. The third-order valence-electron chi connectivity index (χ3n) is 3.88. The fourth-order valence-electron chi connectivity index (χ4n) is 2.49. The van der Waals surface area contributed by atoms with Gasteiger partial charge in [0.2, 0.25) is 0 Å². The second kappa shape index (κ2) is 7.82. The van der Waals surface area contributed by atoms with Crippen molar-refractivity contribution in [3.8, 4) is 5.75 Å². The molecule has 0 bridgehead atoms. The third kappa shape index (κ3) is 4.85. The lowest BCUT2D eigenvalue weighted by Crippen LogP contribution is -2.37. The maximum absolute atomic E-state index is 12.5. The van der Waals surface area contributed by atoms with Gasteiger partial charge in [-0.1, -0.05) is 43.3 Å². The summed E-state index contributed by atoms with van der Waals surface area (Å²) < 4.78 is 5.76. The minimum Gasteiger partial charge on any atom is -0.481 e. The van der Waals surface area contributed by atoms with Gasteiger partial charge in [-0.2, -0.15) is 0 Å². The average Bonchev–Trinajstić information content (AvgIpc) is 2.54. The van der Waals surface area contributed by atoms with Gasteiger partial charge in [-0.25, -0.2) is 0 Å². The van der Waals surface area contributed by atoms with E-state index in [2.05, 4.69) is 31.2 Å². The van der Waals surface area contributed by atoms with E-state index in [-0.39, 0.29) is 5.91 Å². The number of ether oxygens (including phenoxy) is 1. The van der Waals surface area contributed by atoms with Crippen LogP contribution in [0.1, 0.15) is 30.5 Å². The van der Waals surface area contributed by atoms with Crippen LogP contribution in [0, 0.1) is 6.92 Å². The first kappa shape index (κ1) is 17.1. The Balaban J connectivity index is 1.95. The van der Waals surface area contributed by atoms with E-state index in [0.717, 1.165) is 23.3 Å². The normalized spacial score (nSPS) is 11.8. The highest BCUT2D eigenvalue weighted by Gasteiger charge is 2.19. The number of likely N-dealkylation sites (N-methyl/N-ethyl adjacent to an activating group) is 1. The molecule has 0 saturated carbocycles. The molecule has 0 heterocycles. The molecule has 1 atom stereocenters. The lowest BCUT2D eigenvalue weighted by Gasteiger charge is -2.22. The summed E-state index contributed by atoms with van der Waals surface area (Å²) in [5.41, 5.74) is 3.55. The SMILES string of the molecule is CCc1ccc(CN(C)C(=O)C(C)Oc2cccc(C)c2)cc1. The van der Waals surface area contributed by atoms with E-state index >= 15 is 0 Å². The van der Waals surface area contributed by atoms with E-state index < -0.39 is 6.10 Å². The molecule has 1 unspecified atom stereocenters. The maximum Gasteiger partial charge on any atom is 0.263 e. The minimum absolute atomic E-state index is 0.0222. The Kier molecular flexibility index (Phi) is 5.80. The van der Waals surface area contributed by atoms with Crippen molar-refractivity contribution in [1.82, 2.24) is 4.90 Å². The maximum atomic E-state index is 12.5. The van der Waals surface area contributed by atoms with Gasteiger partial charge in [0.1, 0.15) is 5.75 Å². The van der Waals surface area contributed by atoms with Crippen LogP contribution in [0.15, 0.2) is 48.5 Å². The molecule has 23 heavy (non-hydrogen) atoms. The standard InChI is InChI=1S/C20H25NO2/c1-5-17-9-11-18(12-10-17)14-21(4)20(22)16(3)23-19-8-6-7-15(2)13-19/h6-13,16H,5,14H2,1-4H3. The Bertz CT molecular complexity index is 649. The van der Waals surface area contributed by atoms with Crippen LogP contribution >= 0.6 is 0 Å². The molecule has 3 nitrogen and oxygen atoms in total. The Morgan fingerprint density at radius 2 is 1.78 bits per heavy atom. The molecule has 0 saturated heterocycles. The molecule has 0 radical (unpaired) electrons. The number of benzene rings is 2. The summed E-state index contributed by atoms with van der Waals surface area (Å²) >= 11 is 0. The summed E-state index contributed by atoms with van der Waals surface area (Å²) in [5, 5.41) is 0. The van der Waals surface area contributed by atoms with Crippen LogP contribution in [0.25, 0.3) is 0 Å². The molecule has 0 spiro atoms. The van der Waals surface area contributed by atoms with Crippen LogP contribution in [0.5, 0.6) is 5.75 Å². The van der Waals surface area contributed by atoms with Crippen molar-refractivity contribution in [1.29, 1.82) is 0 Å². The van der Waals surface area contributed by atoms with Gasteiger partial charge in [-0.15, -0.1) is 0 Å². The lowest BCUT2D eigenvalue weighted by atomic mass is 10.1. The Morgan fingerprint density at radius 3 is 2.39 bits per heavy atom. The molecule has 0 aliphatic heterocycles. The van der Waals surface area contributed by atoms with Crippen LogP contribution in [0.3, 0.4) is 0 Å². The summed E-state index contributed by atoms with van der Waals surface area (Å²) in [6, 6.07) is 16.1. The number of nitrogens with zero attached hydrogens (tertiary/aromatic N) is 1. The summed E-state index contributed by atoms with van der Waals surface area (Å²) in [7, 11) is 1.81. The summed E-state index contributed by atoms with van der Waals surface area (Å²) in [6.45, 7) is 6.52. The Labute approximate surface area is 138 Å². The van der Waals surface area contributed by atoms with Gasteiger partial charge in [-0.3, -0.25) is 4.79 Å². The highest BCUT2D eigenvalue weighted by Crippen LogP contribution is 2.15. The fraction of sp³-hybridized carbons (Fsp3) is 0.350. The molecule has 0 fully saturated rings. The van der Waals surface area contributed by atoms with Crippen LogP contribution in [-0.2, 0) is 17.8 Å². The first-order chi connectivity index (χ1) is 11.0. The number of hydrogen-bond acceptors (Lipinski definition) is 2. The molecular formula is C20H25NO2. The average molecular weight is 311 g/mol. The lowest BCUT2D eigenvalue weighted by molar-refractivity contribution is -0.137. The summed E-state index contributed by atoms with van der Waals surface area (Å²) in [4.78, 5) is 14.2. The van der Waals surface area contributed by atoms with Gasteiger partial charge in [0.15, 0.2) is 6.10 Å². The zero-order valence-electron chi connectivity index (χ0n) is 14.4. The molecule has 3 heteroatoms. The number of hydrogen-bond donors (Lipinski definition) is 0. The zero-order chi connectivity index (χ0) is 16.8. The molecule has 122 valence electrons.